The molecule has 0 aliphatic rings. The monoisotopic (exact) mass is 289 g/mol. The first-order valence-corrected chi connectivity index (χ1v) is 6.62. The second kappa shape index (κ2) is 6.95. The molecule has 1 aromatic heterocycles. The van der Waals surface area contributed by atoms with E-state index in [1.807, 2.05) is 12.1 Å². The van der Waals surface area contributed by atoms with E-state index < -0.39 is 6.10 Å². The van der Waals surface area contributed by atoms with E-state index in [4.69, 9.17) is 14.2 Å². The molecule has 0 saturated heterocycles. The lowest BCUT2D eigenvalue weighted by molar-refractivity contribution is 0.189. The SMILES string of the molecule is COc1ccc([C@H](C)O)c(OCc2cccnc2OC)c1. The normalized spacial score (nSPS) is 11.8. The van der Waals surface area contributed by atoms with Gasteiger partial charge in [0, 0.05) is 17.8 Å². The summed E-state index contributed by atoms with van der Waals surface area (Å²) in [5.74, 6) is 1.78. The average Bonchev–Trinajstić information content (AvgIpc) is 2.52. The topological polar surface area (TPSA) is 60.8 Å². The quantitative estimate of drug-likeness (QED) is 0.886. The summed E-state index contributed by atoms with van der Waals surface area (Å²) in [7, 11) is 3.16. The van der Waals surface area contributed by atoms with Gasteiger partial charge in [-0.1, -0.05) is 0 Å². The van der Waals surface area contributed by atoms with Crippen molar-refractivity contribution < 1.29 is 19.3 Å². The number of hydrogen-bond acceptors (Lipinski definition) is 5. The van der Waals surface area contributed by atoms with Crippen LogP contribution in [0.5, 0.6) is 17.4 Å². The summed E-state index contributed by atoms with van der Waals surface area (Å²) in [6.07, 6.45) is 1.04. The molecule has 1 atom stereocenters. The first kappa shape index (κ1) is 15.1. The van der Waals surface area contributed by atoms with E-state index in [1.165, 1.54) is 0 Å². The van der Waals surface area contributed by atoms with Crippen molar-refractivity contribution in [2.45, 2.75) is 19.6 Å². The van der Waals surface area contributed by atoms with Crippen LogP contribution in [0.25, 0.3) is 0 Å². The van der Waals surface area contributed by atoms with Gasteiger partial charge >= 0.3 is 0 Å². The fraction of sp³-hybridized carbons (Fsp3) is 0.312. The molecule has 5 nitrogen and oxygen atoms in total. The van der Waals surface area contributed by atoms with Crippen molar-refractivity contribution in [3.05, 3.63) is 47.7 Å². The number of methoxy groups -OCH3 is 2. The molecular weight excluding hydrogens is 270 g/mol. The number of benzene rings is 1. The number of nitrogens with zero attached hydrogens (tertiary/aromatic N) is 1. The van der Waals surface area contributed by atoms with E-state index in [9.17, 15) is 5.11 Å². The molecule has 21 heavy (non-hydrogen) atoms. The molecule has 1 aromatic carbocycles. The molecule has 0 amide bonds. The van der Waals surface area contributed by atoms with Gasteiger partial charge in [0.05, 0.1) is 25.9 Å². The molecule has 1 heterocycles. The molecule has 0 unspecified atom stereocenters. The molecule has 2 rings (SSSR count). The van der Waals surface area contributed by atoms with Crippen molar-refractivity contribution >= 4 is 0 Å². The molecule has 2 aromatic rings. The summed E-state index contributed by atoms with van der Waals surface area (Å²) in [5, 5.41) is 9.81. The van der Waals surface area contributed by atoms with Crippen molar-refractivity contribution in [2.75, 3.05) is 14.2 Å². The van der Waals surface area contributed by atoms with E-state index in [2.05, 4.69) is 4.98 Å². The Hall–Kier alpha value is -2.27. The zero-order chi connectivity index (χ0) is 15.2. The molecule has 0 aliphatic carbocycles. The van der Waals surface area contributed by atoms with E-state index in [0.29, 0.717) is 29.5 Å². The maximum absolute atomic E-state index is 9.81. The number of aliphatic hydroxyl groups excluding tert-OH is 1. The smallest absolute Gasteiger partial charge is 0.219 e. The van der Waals surface area contributed by atoms with Gasteiger partial charge in [0.1, 0.15) is 18.1 Å². The van der Waals surface area contributed by atoms with Gasteiger partial charge in [-0.25, -0.2) is 4.98 Å². The highest BCUT2D eigenvalue weighted by Crippen LogP contribution is 2.30. The van der Waals surface area contributed by atoms with Gasteiger partial charge in [-0.15, -0.1) is 0 Å². The van der Waals surface area contributed by atoms with Crippen molar-refractivity contribution in [2.24, 2.45) is 0 Å². The molecule has 0 spiro atoms. The number of aliphatic hydroxyl groups is 1. The number of aromatic nitrogens is 1. The minimum absolute atomic E-state index is 0.296. The highest BCUT2D eigenvalue weighted by molar-refractivity contribution is 5.42. The summed E-state index contributed by atoms with van der Waals surface area (Å²) in [6.45, 7) is 1.99. The highest BCUT2D eigenvalue weighted by atomic mass is 16.5. The van der Waals surface area contributed by atoms with E-state index in [0.717, 1.165) is 5.56 Å². The van der Waals surface area contributed by atoms with Crippen LogP contribution in [0.4, 0.5) is 0 Å². The average molecular weight is 289 g/mol. The molecule has 112 valence electrons. The van der Waals surface area contributed by atoms with Gasteiger partial charge < -0.3 is 19.3 Å². The van der Waals surface area contributed by atoms with Gasteiger partial charge in [-0.2, -0.15) is 0 Å². The third-order valence-electron chi connectivity index (χ3n) is 3.10. The number of rotatable bonds is 6. The zero-order valence-corrected chi connectivity index (χ0v) is 12.4. The van der Waals surface area contributed by atoms with Crippen LogP contribution in [0.1, 0.15) is 24.2 Å². The number of ether oxygens (including phenoxy) is 3. The summed E-state index contributed by atoms with van der Waals surface area (Å²) in [6, 6.07) is 9.04. The van der Waals surface area contributed by atoms with Gasteiger partial charge in [-0.05, 0) is 31.2 Å². The Morgan fingerprint density at radius 2 is 2.00 bits per heavy atom. The predicted octanol–water partition coefficient (Wildman–Crippen LogP) is 2.73. The Kier molecular flexibility index (Phi) is 5.00. The molecule has 0 bridgehead atoms. The summed E-state index contributed by atoms with van der Waals surface area (Å²) >= 11 is 0. The van der Waals surface area contributed by atoms with Crippen LogP contribution in [0.3, 0.4) is 0 Å². The Bertz CT molecular complexity index is 599. The molecular formula is C16H19NO4. The summed E-state index contributed by atoms with van der Waals surface area (Å²) < 4.78 is 16.2. The lowest BCUT2D eigenvalue weighted by Crippen LogP contribution is -2.03. The Morgan fingerprint density at radius 1 is 1.19 bits per heavy atom. The predicted molar refractivity (Wildman–Crippen MR) is 78.7 cm³/mol. The third kappa shape index (κ3) is 3.64. The van der Waals surface area contributed by atoms with Crippen LogP contribution in [0.2, 0.25) is 0 Å². The molecule has 0 saturated carbocycles. The Labute approximate surface area is 124 Å². The van der Waals surface area contributed by atoms with Crippen LogP contribution < -0.4 is 14.2 Å². The van der Waals surface area contributed by atoms with Gasteiger partial charge in [0.15, 0.2) is 0 Å². The second-order valence-corrected chi connectivity index (χ2v) is 4.54. The van der Waals surface area contributed by atoms with E-state index in [1.54, 1.807) is 45.5 Å². The van der Waals surface area contributed by atoms with Crippen LogP contribution >= 0.6 is 0 Å². The van der Waals surface area contributed by atoms with Gasteiger partial charge in [0.25, 0.3) is 0 Å². The van der Waals surface area contributed by atoms with E-state index >= 15 is 0 Å². The maximum Gasteiger partial charge on any atom is 0.219 e. The minimum Gasteiger partial charge on any atom is -0.497 e. The largest absolute Gasteiger partial charge is 0.497 e. The summed E-state index contributed by atoms with van der Waals surface area (Å²) in [5.41, 5.74) is 1.54. The van der Waals surface area contributed by atoms with Crippen LogP contribution in [-0.4, -0.2) is 24.3 Å². The number of pyridine rings is 1. The van der Waals surface area contributed by atoms with Gasteiger partial charge in [0.2, 0.25) is 5.88 Å². The van der Waals surface area contributed by atoms with Crippen LogP contribution in [0.15, 0.2) is 36.5 Å². The standard InChI is InChI=1S/C16H19NO4/c1-11(18)14-7-6-13(19-2)9-15(14)21-10-12-5-4-8-17-16(12)20-3/h4-9,11,18H,10H2,1-3H3/t11-/m0/s1. The fourth-order valence-corrected chi connectivity index (χ4v) is 1.99. The van der Waals surface area contributed by atoms with Crippen molar-refractivity contribution in [3.8, 4) is 17.4 Å². The maximum atomic E-state index is 9.81. The second-order valence-electron chi connectivity index (χ2n) is 4.54. The van der Waals surface area contributed by atoms with Crippen molar-refractivity contribution in [1.29, 1.82) is 0 Å². The molecule has 0 radical (unpaired) electrons. The number of hydrogen-bond donors (Lipinski definition) is 1. The highest BCUT2D eigenvalue weighted by Gasteiger charge is 2.12. The Morgan fingerprint density at radius 3 is 2.67 bits per heavy atom. The molecule has 5 heteroatoms. The first-order valence-electron chi connectivity index (χ1n) is 6.62. The molecule has 1 N–H and O–H groups in total. The fourth-order valence-electron chi connectivity index (χ4n) is 1.99. The van der Waals surface area contributed by atoms with Crippen LogP contribution in [-0.2, 0) is 6.61 Å². The van der Waals surface area contributed by atoms with Crippen LogP contribution in [0, 0.1) is 0 Å². The molecule has 0 aliphatic heterocycles. The lowest BCUT2D eigenvalue weighted by atomic mass is 10.1. The zero-order valence-electron chi connectivity index (χ0n) is 12.4. The Balaban J connectivity index is 2.22. The molecule has 0 fully saturated rings. The van der Waals surface area contributed by atoms with Crippen molar-refractivity contribution in [1.82, 2.24) is 4.98 Å². The third-order valence-corrected chi connectivity index (χ3v) is 3.10. The van der Waals surface area contributed by atoms with E-state index in [-0.39, 0.29) is 0 Å². The first-order chi connectivity index (χ1) is 10.2. The summed E-state index contributed by atoms with van der Waals surface area (Å²) in [4.78, 5) is 4.12. The van der Waals surface area contributed by atoms with Crippen molar-refractivity contribution in [3.63, 3.8) is 0 Å². The lowest BCUT2D eigenvalue weighted by Gasteiger charge is -2.15. The minimum atomic E-state index is -0.623. The van der Waals surface area contributed by atoms with Gasteiger partial charge in [-0.3, -0.25) is 0 Å².